The highest BCUT2D eigenvalue weighted by Gasteiger charge is 2.41. The molecule has 3 N–H and O–H groups in total. The number of carbonyl (C=O) groups excluding carboxylic acids is 3. The fourth-order valence-electron chi connectivity index (χ4n) is 7.56. The van der Waals surface area contributed by atoms with Crippen LogP contribution in [0, 0.1) is 5.92 Å². The van der Waals surface area contributed by atoms with Crippen molar-refractivity contribution in [2.75, 3.05) is 18.6 Å². The topological polar surface area (TPSA) is 153 Å². The third-order valence-electron chi connectivity index (χ3n) is 10.5. The van der Waals surface area contributed by atoms with E-state index in [4.69, 9.17) is 18.5 Å². The first-order chi connectivity index (χ1) is 28.8. The molecule has 2 aliphatic rings. The molecule has 0 radical (unpaired) electrons. The van der Waals surface area contributed by atoms with Gasteiger partial charge in [0.25, 0.3) is 5.91 Å². The molecule has 0 bridgehead atoms. The van der Waals surface area contributed by atoms with Crippen molar-refractivity contribution in [1.82, 2.24) is 10.6 Å². The number of thioether (sulfide) groups is 1. The van der Waals surface area contributed by atoms with Gasteiger partial charge in [-0.1, -0.05) is 98.8 Å². The summed E-state index contributed by atoms with van der Waals surface area (Å²) >= 11 is 1.51. The summed E-state index contributed by atoms with van der Waals surface area (Å²) in [6.45, 7) is 5.56. The summed E-state index contributed by atoms with van der Waals surface area (Å²) in [6, 6.07) is 28.3. The molecule has 0 aromatic heterocycles. The molecule has 1 saturated carbocycles. The van der Waals surface area contributed by atoms with Crippen molar-refractivity contribution in [3.05, 3.63) is 120 Å². The minimum atomic E-state index is -4.47. The molecule has 0 saturated heterocycles. The molecule has 4 atom stereocenters. The van der Waals surface area contributed by atoms with Crippen molar-refractivity contribution in [1.29, 1.82) is 0 Å². The van der Waals surface area contributed by atoms with E-state index in [-0.39, 0.29) is 24.7 Å². The highest BCUT2D eigenvalue weighted by atomic mass is 32.2. The second-order valence-electron chi connectivity index (χ2n) is 16.3. The molecule has 0 spiro atoms. The van der Waals surface area contributed by atoms with Crippen molar-refractivity contribution in [3.8, 4) is 11.5 Å². The van der Waals surface area contributed by atoms with Gasteiger partial charge < -0.3 is 29.5 Å². The molecule has 3 amide bonds. The lowest BCUT2D eigenvalue weighted by molar-refractivity contribution is -0.128. The number of rotatable bonds is 16. The predicted octanol–water partition coefficient (Wildman–Crippen LogP) is 9.55. The number of amides is 3. The minimum absolute atomic E-state index is 0.000761. The molecule has 1 fully saturated rings. The molecular formula is C46H56N3O9PS. The monoisotopic (exact) mass is 857 g/mol. The summed E-state index contributed by atoms with van der Waals surface area (Å²) in [7, 11) is -2.88. The Labute approximate surface area is 357 Å². The van der Waals surface area contributed by atoms with E-state index < -0.39 is 42.8 Å². The highest BCUT2D eigenvalue weighted by Crippen LogP contribution is 2.47. The first kappa shape index (κ1) is 44.7. The molecule has 12 nitrogen and oxygen atoms in total. The van der Waals surface area contributed by atoms with Crippen LogP contribution >= 0.6 is 19.6 Å². The van der Waals surface area contributed by atoms with Crippen LogP contribution in [0.3, 0.4) is 0 Å². The predicted molar refractivity (Wildman–Crippen MR) is 233 cm³/mol. The van der Waals surface area contributed by atoms with Crippen LogP contribution in [0.5, 0.6) is 11.5 Å². The van der Waals surface area contributed by atoms with Crippen LogP contribution in [-0.4, -0.2) is 54.1 Å². The second-order valence-corrected chi connectivity index (χ2v) is 18.8. The summed E-state index contributed by atoms with van der Waals surface area (Å²) < 4.78 is 34.2. The van der Waals surface area contributed by atoms with Gasteiger partial charge in [0, 0.05) is 17.9 Å². The maximum atomic E-state index is 15.0. The highest BCUT2D eigenvalue weighted by molar-refractivity contribution is 7.99. The largest absolute Gasteiger partial charge is 0.527 e. The van der Waals surface area contributed by atoms with Gasteiger partial charge in [-0.15, -0.1) is 11.8 Å². The Kier molecular flexibility index (Phi) is 15.4. The fraction of sp³-hybridized carbons (Fsp3) is 0.413. The molecule has 1 aliphatic heterocycles. The zero-order chi connectivity index (χ0) is 42.7. The number of carbonyl (C=O) groups is 3. The van der Waals surface area contributed by atoms with Gasteiger partial charge in [0.2, 0.25) is 5.91 Å². The molecule has 3 unspecified atom stereocenters. The minimum Gasteiger partial charge on any atom is -0.497 e. The van der Waals surface area contributed by atoms with Gasteiger partial charge in [-0.25, -0.2) is 9.36 Å². The Hall–Kier alpha value is -4.81. The number of nitrogens with zero attached hydrogens (tertiary/aromatic N) is 1. The van der Waals surface area contributed by atoms with Crippen molar-refractivity contribution >= 4 is 43.2 Å². The Bertz CT molecular complexity index is 2090. The van der Waals surface area contributed by atoms with E-state index in [2.05, 4.69) is 10.6 Å². The number of hydrogen-bond donors (Lipinski definition) is 3. The number of nitrogens with one attached hydrogen (secondary N) is 2. The summed E-state index contributed by atoms with van der Waals surface area (Å²) in [5.41, 5.74) is 2.08. The van der Waals surface area contributed by atoms with Gasteiger partial charge in [0.05, 0.1) is 24.7 Å². The van der Waals surface area contributed by atoms with E-state index in [0.29, 0.717) is 29.3 Å². The summed E-state index contributed by atoms with van der Waals surface area (Å²) in [5, 5.41) is 5.29. The number of phosphoric ester groups is 1. The maximum Gasteiger partial charge on any atom is 0.527 e. The van der Waals surface area contributed by atoms with Gasteiger partial charge in [-0.05, 0) is 92.6 Å². The number of para-hydroxylation sites is 1. The number of benzene rings is 4. The Morgan fingerprint density at radius 2 is 1.55 bits per heavy atom. The second kappa shape index (κ2) is 20.6. The van der Waals surface area contributed by atoms with Gasteiger partial charge in [-0.3, -0.25) is 19.0 Å². The number of phosphoric acid groups is 1. The zero-order valence-electron chi connectivity index (χ0n) is 34.7. The first-order valence-electron chi connectivity index (χ1n) is 20.6. The van der Waals surface area contributed by atoms with E-state index >= 15 is 0 Å². The number of hydrogen-bond acceptors (Lipinski definition) is 9. The van der Waals surface area contributed by atoms with Crippen molar-refractivity contribution < 1.29 is 42.4 Å². The van der Waals surface area contributed by atoms with Crippen LogP contribution in [0.15, 0.2) is 108 Å². The molecule has 4 aromatic carbocycles. The standard InChI is InChI=1S/C46H56N3O9PS/c1-46(2,3)57-45(52)47-38(30-33-21-25-37(26-22-33)58-59(53,54)56-31-34-16-9-6-10-17-34)43(50)48-41-42(35-23-27-36(55-4)28-24-35)60-40-20-12-11-19-39(40)49(44(41)51)29-13-18-32-14-7-5-8-15-32/h6,9-12,16-17,19-28,32,38,41-42H,5,7-8,13-15,18,29-31H2,1-4H3,(H,47,52)(H,48,50)(H,53,54)/t38-,41?,42?/m0/s1. The quantitative estimate of drug-likeness (QED) is 0.0929. The smallest absolute Gasteiger partial charge is 0.497 e. The lowest BCUT2D eigenvalue weighted by Gasteiger charge is -2.31. The maximum absolute atomic E-state index is 15.0. The Morgan fingerprint density at radius 3 is 2.23 bits per heavy atom. The number of ether oxygens (including phenoxy) is 2. The van der Waals surface area contributed by atoms with E-state index in [9.17, 15) is 23.8 Å². The van der Waals surface area contributed by atoms with Crippen LogP contribution < -0.4 is 24.8 Å². The van der Waals surface area contributed by atoms with Crippen LogP contribution in [0.4, 0.5) is 10.5 Å². The summed E-state index contributed by atoms with van der Waals surface area (Å²) in [4.78, 5) is 56.0. The van der Waals surface area contributed by atoms with Crippen LogP contribution in [0.1, 0.15) is 87.7 Å². The number of fused-ring (bicyclic) bond motifs is 1. The average Bonchev–Trinajstić information content (AvgIpc) is 3.34. The van der Waals surface area contributed by atoms with Crippen LogP contribution in [0.25, 0.3) is 0 Å². The molecular weight excluding hydrogens is 802 g/mol. The summed E-state index contributed by atoms with van der Waals surface area (Å²) in [5.74, 6) is 0.556. The molecule has 1 aliphatic carbocycles. The van der Waals surface area contributed by atoms with Gasteiger partial charge >= 0.3 is 13.9 Å². The average molecular weight is 858 g/mol. The lowest BCUT2D eigenvalue weighted by Crippen LogP contribution is -2.56. The first-order valence-corrected chi connectivity index (χ1v) is 22.9. The number of alkyl carbamates (subject to hydrolysis) is 1. The normalized spacial score (nSPS) is 18.6. The van der Waals surface area contributed by atoms with Crippen LogP contribution in [0.2, 0.25) is 0 Å². The van der Waals surface area contributed by atoms with Crippen LogP contribution in [-0.2, 0) is 36.4 Å². The van der Waals surface area contributed by atoms with E-state index in [1.807, 2.05) is 59.5 Å². The third-order valence-corrected chi connectivity index (χ3v) is 12.8. The molecule has 4 aromatic rings. The Balaban J connectivity index is 1.25. The molecule has 6 rings (SSSR count). The third kappa shape index (κ3) is 12.8. The van der Waals surface area contributed by atoms with Crippen molar-refractivity contribution in [2.24, 2.45) is 5.92 Å². The lowest BCUT2D eigenvalue weighted by atomic mass is 9.86. The summed E-state index contributed by atoms with van der Waals surface area (Å²) in [6.07, 6.45) is 7.25. The van der Waals surface area contributed by atoms with Crippen molar-refractivity contribution in [2.45, 2.75) is 107 Å². The molecule has 1 heterocycles. The van der Waals surface area contributed by atoms with E-state index in [1.54, 1.807) is 64.3 Å². The molecule has 14 heteroatoms. The Morgan fingerprint density at radius 1 is 0.883 bits per heavy atom. The van der Waals surface area contributed by atoms with Gasteiger partial charge in [-0.2, -0.15) is 0 Å². The SMILES string of the molecule is COc1ccc(C2Sc3ccccc3N(CCCC3CCCCC3)C(=O)C2NC(=O)[C@H](Cc2ccc(OP(=O)(O)OCc3ccccc3)cc2)NC(=O)OC(C)(C)C)cc1. The molecule has 60 heavy (non-hydrogen) atoms. The number of anilines is 1. The number of methoxy groups -OCH3 is 1. The van der Waals surface area contributed by atoms with Gasteiger partial charge in [0.1, 0.15) is 29.2 Å². The van der Waals surface area contributed by atoms with Gasteiger partial charge in [0.15, 0.2) is 0 Å². The zero-order valence-corrected chi connectivity index (χ0v) is 36.4. The van der Waals surface area contributed by atoms with Crippen molar-refractivity contribution in [3.63, 3.8) is 0 Å². The van der Waals surface area contributed by atoms with E-state index in [0.717, 1.165) is 29.0 Å². The molecule has 320 valence electrons. The fourth-order valence-corrected chi connectivity index (χ4v) is 9.66. The van der Waals surface area contributed by atoms with E-state index in [1.165, 1.54) is 56.0 Å².